The molecule has 0 fully saturated rings. The summed E-state index contributed by atoms with van der Waals surface area (Å²) in [4.78, 5) is 0. The van der Waals surface area contributed by atoms with Crippen LogP contribution in [0.2, 0.25) is 0 Å². The largest absolute Gasteiger partial charge is 0.247 e. The van der Waals surface area contributed by atoms with Gasteiger partial charge in [-0.3, -0.25) is 0 Å². The van der Waals surface area contributed by atoms with Crippen LogP contribution in [-0.2, 0) is 10.0 Å². The normalized spacial score (nSPS) is 11.8. The summed E-state index contributed by atoms with van der Waals surface area (Å²) in [5.74, 6) is 0. The molecule has 4 nitrogen and oxygen atoms in total. The molecule has 0 amide bonds. The zero-order valence-electron chi connectivity index (χ0n) is 7.44. The van der Waals surface area contributed by atoms with Crippen molar-refractivity contribution in [3.05, 3.63) is 0 Å². The first-order chi connectivity index (χ1) is 5.30. The monoisotopic (exact) mass is 228 g/mol. The number of thioether (sulfide) groups is 1. The smallest absolute Gasteiger partial charge is 0.212 e. The van der Waals surface area contributed by atoms with E-state index in [0.717, 1.165) is 10.7 Å². The lowest BCUT2D eigenvalue weighted by atomic mass is 11.1. The minimum Gasteiger partial charge on any atom is -0.212 e. The average molecular weight is 228 g/mol. The fraction of sp³-hybridized carbons (Fsp3) is 0.800. The molecular weight excluding hydrogens is 216 g/mol. The van der Waals surface area contributed by atoms with Crippen LogP contribution in [0, 0.1) is 0 Å². The van der Waals surface area contributed by atoms with Crippen LogP contribution in [0.25, 0.3) is 0 Å². The van der Waals surface area contributed by atoms with Gasteiger partial charge in [-0.15, -0.1) is 0 Å². The van der Waals surface area contributed by atoms with Crippen LogP contribution in [0.1, 0.15) is 0 Å². The maximum Gasteiger partial charge on any atom is 0.247 e. The van der Waals surface area contributed by atoms with Gasteiger partial charge in [0.25, 0.3) is 0 Å². The number of hydrazine groups is 1. The lowest BCUT2D eigenvalue weighted by Gasteiger charge is -2.27. The van der Waals surface area contributed by atoms with Gasteiger partial charge in [0.05, 0.1) is 6.26 Å². The molecule has 0 spiro atoms. The molecular formula is C5H12N2O2S3. The minimum atomic E-state index is -3.28. The third-order valence-corrected chi connectivity index (χ3v) is 3.57. The molecule has 72 valence electrons. The number of sulfonamides is 1. The van der Waals surface area contributed by atoms with E-state index in [1.165, 1.54) is 16.8 Å². The Balaban J connectivity index is 4.82. The predicted molar refractivity (Wildman–Crippen MR) is 56.5 cm³/mol. The predicted octanol–water partition coefficient (Wildman–Crippen LogP) is 0.373. The zero-order valence-corrected chi connectivity index (χ0v) is 9.89. The van der Waals surface area contributed by atoms with E-state index in [4.69, 9.17) is 12.2 Å². The standard InChI is InChI=1S/C5H12N2O2S3/c1-6(2)7(5(10)11-3)12(4,8)9/h1-4H3. The Morgan fingerprint density at radius 3 is 1.92 bits per heavy atom. The average Bonchev–Trinajstić information content (AvgIpc) is 1.83. The first-order valence-corrected chi connectivity index (χ1v) is 6.54. The van der Waals surface area contributed by atoms with Crippen LogP contribution in [0.5, 0.6) is 0 Å². The van der Waals surface area contributed by atoms with E-state index in [0.29, 0.717) is 4.32 Å². The highest BCUT2D eigenvalue weighted by Gasteiger charge is 2.21. The van der Waals surface area contributed by atoms with E-state index in [1.54, 1.807) is 20.4 Å². The second kappa shape index (κ2) is 4.40. The molecule has 0 radical (unpaired) electrons. The molecule has 0 saturated heterocycles. The molecule has 0 unspecified atom stereocenters. The molecule has 0 aromatic carbocycles. The van der Waals surface area contributed by atoms with E-state index in [-0.39, 0.29) is 0 Å². The van der Waals surface area contributed by atoms with Crippen LogP contribution in [-0.4, -0.2) is 48.8 Å². The van der Waals surface area contributed by atoms with Gasteiger partial charge in [-0.2, -0.15) is 4.41 Å². The third kappa shape index (κ3) is 3.26. The summed E-state index contributed by atoms with van der Waals surface area (Å²) in [6.45, 7) is 0. The van der Waals surface area contributed by atoms with Crippen molar-refractivity contribution >= 4 is 38.3 Å². The molecule has 7 heteroatoms. The van der Waals surface area contributed by atoms with Crippen LogP contribution in [0.4, 0.5) is 0 Å². The molecule has 12 heavy (non-hydrogen) atoms. The fourth-order valence-corrected chi connectivity index (χ4v) is 3.06. The Bertz CT molecular complexity index is 260. The summed E-state index contributed by atoms with van der Waals surface area (Å²) in [6, 6.07) is 0. The number of hydrogen-bond acceptors (Lipinski definition) is 5. The lowest BCUT2D eigenvalue weighted by molar-refractivity contribution is 0.219. The second-order valence-corrected chi connectivity index (χ2v) is 5.58. The quantitative estimate of drug-likeness (QED) is 0.504. The van der Waals surface area contributed by atoms with Crippen molar-refractivity contribution in [3.63, 3.8) is 0 Å². The molecule has 0 aliphatic rings. The first kappa shape index (κ1) is 12.2. The van der Waals surface area contributed by atoms with E-state index in [2.05, 4.69) is 0 Å². The summed E-state index contributed by atoms with van der Waals surface area (Å²) in [5.41, 5.74) is 0. The SMILES string of the molecule is CSC(=S)N(N(C)C)S(C)(=O)=O. The van der Waals surface area contributed by atoms with Gasteiger partial charge in [0.15, 0.2) is 4.32 Å². The van der Waals surface area contributed by atoms with E-state index in [1.807, 2.05) is 0 Å². The molecule has 0 aromatic rings. The molecule has 0 aliphatic heterocycles. The highest BCUT2D eigenvalue weighted by atomic mass is 32.2. The van der Waals surface area contributed by atoms with Gasteiger partial charge in [0.1, 0.15) is 0 Å². The fourth-order valence-electron chi connectivity index (χ4n) is 0.673. The highest BCUT2D eigenvalue weighted by molar-refractivity contribution is 8.23. The van der Waals surface area contributed by atoms with Gasteiger partial charge in [-0.05, 0) is 6.26 Å². The van der Waals surface area contributed by atoms with E-state index >= 15 is 0 Å². The molecule has 0 aromatic heterocycles. The van der Waals surface area contributed by atoms with Crippen molar-refractivity contribution in [3.8, 4) is 0 Å². The minimum absolute atomic E-state index is 0.322. The lowest BCUT2D eigenvalue weighted by Crippen LogP contribution is -2.43. The van der Waals surface area contributed by atoms with Gasteiger partial charge in [0.2, 0.25) is 10.0 Å². The molecule has 0 aliphatic carbocycles. The van der Waals surface area contributed by atoms with Gasteiger partial charge in [-0.1, -0.05) is 24.0 Å². The number of thiocarbonyl (C=S) groups is 1. The third-order valence-electron chi connectivity index (χ3n) is 1.01. The maximum absolute atomic E-state index is 11.2. The van der Waals surface area contributed by atoms with Crippen LogP contribution in [0.3, 0.4) is 0 Å². The number of rotatable bonds is 2. The second-order valence-electron chi connectivity index (χ2n) is 2.32. The molecule has 0 N–H and O–H groups in total. The summed E-state index contributed by atoms with van der Waals surface area (Å²) in [5, 5.41) is 1.44. The summed E-state index contributed by atoms with van der Waals surface area (Å²) >= 11 is 6.09. The Morgan fingerprint density at radius 2 is 1.83 bits per heavy atom. The maximum atomic E-state index is 11.2. The molecule has 0 atom stereocenters. The Morgan fingerprint density at radius 1 is 1.42 bits per heavy atom. The van der Waals surface area contributed by atoms with Crippen molar-refractivity contribution in [2.75, 3.05) is 26.6 Å². The summed E-state index contributed by atoms with van der Waals surface area (Å²) < 4.78 is 23.7. The van der Waals surface area contributed by atoms with E-state index in [9.17, 15) is 8.42 Å². The summed E-state index contributed by atoms with van der Waals surface area (Å²) in [7, 11) is -0.0212. The molecule has 0 saturated carbocycles. The Hall–Kier alpha value is 0.150. The van der Waals surface area contributed by atoms with Crippen LogP contribution < -0.4 is 0 Å². The zero-order chi connectivity index (χ0) is 9.94. The van der Waals surface area contributed by atoms with E-state index < -0.39 is 10.0 Å². The van der Waals surface area contributed by atoms with Crippen LogP contribution in [0.15, 0.2) is 0 Å². The number of nitrogens with zero attached hydrogens (tertiary/aromatic N) is 2. The van der Waals surface area contributed by atoms with Crippen molar-refractivity contribution in [2.45, 2.75) is 0 Å². The van der Waals surface area contributed by atoms with Crippen molar-refractivity contribution in [1.29, 1.82) is 0 Å². The van der Waals surface area contributed by atoms with Crippen molar-refractivity contribution in [1.82, 2.24) is 9.42 Å². The van der Waals surface area contributed by atoms with Crippen molar-refractivity contribution in [2.24, 2.45) is 0 Å². The van der Waals surface area contributed by atoms with Gasteiger partial charge >= 0.3 is 0 Å². The van der Waals surface area contributed by atoms with Gasteiger partial charge < -0.3 is 0 Å². The molecule has 0 rings (SSSR count). The molecule has 0 heterocycles. The van der Waals surface area contributed by atoms with Crippen molar-refractivity contribution < 1.29 is 8.42 Å². The topological polar surface area (TPSA) is 40.6 Å². The van der Waals surface area contributed by atoms with Crippen LogP contribution >= 0.6 is 24.0 Å². The Kier molecular flexibility index (Phi) is 4.46. The number of hydrogen-bond donors (Lipinski definition) is 0. The summed E-state index contributed by atoms with van der Waals surface area (Å²) in [6.07, 6.45) is 2.86. The first-order valence-electron chi connectivity index (χ1n) is 3.06. The van der Waals surface area contributed by atoms with Gasteiger partial charge in [0, 0.05) is 14.1 Å². The van der Waals surface area contributed by atoms with Gasteiger partial charge in [-0.25, -0.2) is 13.4 Å². The molecule has 0 bridgehead atoms. The highest BCUT2D eigenvalue weighted by Crippen LogP contribution is 2.10. The Labute approximate surface area is 82.9 Å².